The molecule has 0 aliphatic heterocycles. The molecule has 0 spiro atoms. The van der Waals surface area contributed by atoms with Crippen LogP contribution in [0.1, 0.15) is 31.8 Å². The number of hydrogen-bond donors (Lipinski definition) is 3. The molecule has 0 saturated carbocycles. The first-order valence-electron chi connectivity index (χ1n) is 10.5. The topological polar surface area (TPSA) is 87.3 Å². The molecule has 0 aliphatic rings. The molecular weight excluding hydrogens is 476 g/mol. The number of ketones is 1. The molecule has 2 amide bonds. The Morgan fingerprint density at radius 2 is 1.74 bits per heavy atom. The van der Waals surface area contributed by atoms with Crippen LogP contribution in [0.5, 0.6) is 0 Å². The molecule has 0 fully saturated rings. The lowest BCUT2D eigenvalue weighted by atomic mass is 9.96. The van der Waals surface area contributed by atoms with Crippen LogP contribution in [0.25, 0.3) is 0 Å². The largest absolute Gasteiger partial charge is 0.353 e. The first-order chi connectivity index (χ1) is 16.7. The van der Waals surface area contributed by atoms with Gasteiger partial charge >= 0.3 is 0 Å². The third kappa shape index (κ3) is 6.51. The van der Waals surface area contributed by atoms with Crippen molar-refractivity contribution in [3.63, 3.8) is 0 Å². The molecule has 0 heterocycles. The van der Waals surface area contributed by atoms with E-state index in [2.05, 4.69) is 22.5 Å². The van der Waals surface area contributed by atoms with Gasteiger partial charge in [0.25, 0.3) is 5.91 Å². The number of nitrogens with one attached hydrogen (secondary N) is 3. The van der Waals surface area contributed by atoms with Crippen molar-refractivity contribution in [3.05, 3.63) is 106 Å². The minimum absolute atomic E-state index is 0.0503. The number of carbonyl (C=O) groups is 3. The van der Waals surface area contributed by atoms with Crippen molar-refractivity contribution in [2.24, 2.45) is 0 Å². The molecule has 3 rings (SSSR count). The molecule has 3 aromatic carbocycles. The van der Waals surface area contributed by atoms with E-state index in [4.69, 9.17) is 11.6 Å². The van der Waals surface area contributed by atoms with Gasteiger partial charge in [-0.15, -0.1) is 6.58 Å². The van der Waals surface area contributed by atoms with E-state index in [0.717, 1.165) is 12.1 Å². The minimum atomic E-state index is -0.773. The van der Waals surface area contributed by atoms with Gasteiger partial charge in [0.05, 0.1) is 17.3 Å². The second kappa shape index (κ2) is 11.4. The van der Waals surface area contributed by atoms with Crippen LogP contribution >= 0.6 is 11.6 Å². The van der Waals surface area contributed by atoms with Crippen LogP contribution in [0.4, 0.5) is 20.2 Å². The highest BCUT2D eigenvalue weighted by atomic mass is 35.5. The SMILES string of the molecule is C=CCNC(=O)CNC(=O)c1ccc(C)c(C(=O)c2ccc(Nc3ccc(F)cc3F)cc2Cl)c1. The van der Waals surface area contributed by atoms with Crippen LogP contribution in [0.15, 0.2) is 67.3 Å². The number of amides is 2. The van der Waals surface area contributed by atoms with Gasteiger partial charge in [0.15, 0.2) is 5.78 Å². The van der Waals surface area contributed by atoms with E-state index >= 15 is 0 Å². The van der Waals surface area contributed by atoms with E-state index in [1.165, 1.54) is 36.4 Å². The van der Waals surface area contributed by atoms with Gasteiger partial charge in [-0.3, -0.25) is 14.4 Å². The molecule has 0 radical (unpaired) electrons. The van der Waals surface area contributed by atoms with Crippen LogP contribution in [-0.2, 0) is 4.79 Å². The van der Waals surface area contributed by atoms with Crippen molar-refractivity contribution in [2.75, 3.05) is 18.4 Å². The standard InChI is InChI=1S/C26H22ClF2N3O3/c1-3-10-30-24(33)14-31-26(35)16-5-4-15(2)20(11-16)25(34)19-8-7-18(13-21(19)27)32-23-9-6-17(28)12-22(23)29/h3-9,11-13,32H,1,10,14H2,2H3,(H,30,33)(H,31,35). The highest BCUT2D eigenvalue weighted by Gasteiger charge is 2.18. The summed E-state index contributed by atoms with van der Waals surface area (Å²) in [5.41, 5.74) is 1.73. The van der Waals surface area contributed by atoms with Crippen molar-refractivity contribution in [3.8, 4) is 0 Å². The molecule has 0 aromatic heterocycles. The lowest BCUT2D eigenvalue weighted by Gasteiger charge is -2.12. The Balaban J connectivity index is 1.77. The Kier molecular flexibility index (Phi) is 8.33. The smallest absolute Gasteiger partial charge is 0.251 e. The Morgan fingerprint density at radius 1 is 0.971 bits per heavy atom. The van der Waals surface area contributed by atoms with Crippen molar-refractivity contribution in [1.29, 1.82) is 0 Å². The Hall–Kier alpha value is -4.04. The molecule has 3 aromatic rings. The van der Waals surface area contributed by atoms with Crippen molar-refractivity contribution >= 4 is 40.6 Å². The number of hydrogen-bond acceptors (Lipinski definition) is 4. The van der Waals surface area contributed by atoms with Crippen molar-refractivity contribution < 1.29 is 23.2 Å². The number of carbonyl (C=O) groups excluding carboxylic acids is 3. The maximum Gasteiger partial charge on any atom is 0.251 e. The second-order valence-electron chi connectivity index (χ2n) is 7.58. The summed E-state index contributed by atoms with van der Waals surface area (Å²) in [5, 5.41) is 7.94. The monoisotopic (exact) mass is 497 g/mol. The maximum atomic E-state index is 13.9. The average Bonchev–Trinajstić information content (AvgIpc) is 2.83. The Morgan fingerprint density at radius 3 is 2.43 bits per heavy atom. The fourth-order valence-electron chi connectivity index (χ4n) is 3.19. The quantitative estimate of drug-likeness (QED) is 0.289. The summed E-state index contributed by atoms with van der Waals surface area (Å²) in [4.78, 5) is 37.3. The molecule has 0 saturated heterocycles. The Bertz CT molecular complexity index is 1310. The number of anilines is 2. The van der Waals surface area contributed by atoms with Gasteiger partial charge in [-0.2, -0.15) is 0 Å². The van der Waals surface area contributed by atoms with E-state index in [1.54, 1.807) is 19.1 Å². The number of benzene rings is 3. The predicted molar refractivity (Wildman–Crippen MR) is 131 cm³/mol. The van der Waals surface area contributed by atoms with Gasteiger partial charge in [0, 0.05) is 35.0 Å². The summed E-state index contributed by atoms with van der Waals surface area (Å²) in [6, 6.07) is 12.2. The van der Waals surface area contributed by atoms with Crippen molar-refractivity contribution in [2.45, 2.75) is 6.92 Å². The van der Waals surface area contributed by atoms with E-state index < -0.39 is 23.3 Å². The predicted octanol–water partition coefficient (Wildman–Crippen LogP) is 4.93. The molecule has 0 aliphatic carbocycles. The molecule has 6 nitrogen and oxygen atoms in total. The van der Waals surface area contributed by atoms with Crippen LogP contribution in [-0.4, -0.2) is 30.7 Å². The zero-order valence-corrected chi connectivity index (χ0v) is 19.5. The fourth-order valence-corrected chi connectivity index (χ4v) is 3.45. The number of rotatable bonds is 9. The average molecular weight is 498 g/mol. The van der Waals surface area contributed by atoms with Gasteiger partial charge in [0.1, 0.15) is 11.6 Å². The minimum Gasteiger partial charge on any atom is -0.353 e. The van der Waals surface area contributed by atoms with Crippen LogP contribution < -0.4 is 16.0 Å². The van der Waals surface area contributed by atoms with Crippen LogP contribution in [0.3, 0.4) is 0 Å². The summed E-state index contributed by atoms with van der Waals surface area (Å²) < 4.78 is 27.0. The van der Waals surface area contributed by atoms with Crippen LogP contribution in [0, 0.1) is 18.6 Å². The molecule has 0 bridgehead atoms. The zero-order valence-electron chi connectivity index (χ0n) is 18.8. The highest BCUT2D eigenvalue weighted by Crippen LogP contribution is 2.28. The highest BCUT2D eigenvalue weighted by molar-refractivity contribution is 6.35. The maximum absolute atomic E-state index is 13.9. The van der Waals surface area contributed by atoms with Gasteiger partial charge in [0.2, 0.25) is 5.91 Å². The third-order valence-corrected chi connectivity index (χ3v) is 5.33. The van der Waals surface area contributed by atoms with E-state index in [1.807, 2.05) is 0 Å². The molecular formula is C26H22ClF2N3O3. The van der Waals surface area contributed by atoms with Gasteiger partial charge in [-0.05, 0) is 55.0 Å². The second-order valence-corrected chi connectivity index (χ2v) is 7.99. The third-order valence-electron chi connectivity index (χ3n) is 5.02. The summed E-state index contributed by atoms with van der Waals surface area (Å²) in [5.74, 6) is -2.77. The fraction of sp³-hybridized carbons (Fsp3) is 0.115. The molecule has 180 valence electrons. The molecule has 0 unspecified atom stereocenters. The molecule has 3 N–H and O–H groups in total. The number of aryl methyl sites for hydroxylation is 1. The summed E-state index contributed by atoms with van der Waals surface area (Å²) in [6.45, 7) is 5.28. The van der Waals surface area contributed by atoms with Gasteiger partial charge < -0.3 is 16.0 Å². The van der Waals surface area contributed by atoms with Crippen molar-refractivity contribution in [1.82, 2.24) is 10.6 Å². The number of halogens is 3. The van der Waals surface area contributed by atoms with E-state index in [0.29, 0.717) is 11.3 Å². The first-order valence-corrected chi connectivity index (χ1v) is 10.9. The molecule has 9 heteroatoms. The summed E-state index contributed by atoms with van der Waals surface area (Å²) in [6.07, 6.45) is 1.52. The normalized spacial score (nSPS) is 10.4. The van der Waals surface area contributed by atoms with E-state index in [9.17, 15) is 23.2 Å². The van der Waals surface area contributed by atoms with E-state index in [-0.39, 0.29) is 46.4 Å². The lowest BCUT2D eigenvalue weighted by molar-refractivity contribution is -0.119. The van der Waals surface area contributed by atoms with Gasteiger partial charge in [-0.25, -0.2) is 8.78 Å². The van der Waals surface area contributed by atoms with Crippen LogP contribution in [0.2, 0.25) is 5.02 Å². The summed E-state index contributed by atoms with van der Waals surface area (Å²) >= 11 is 6.34. The van der Waals surface area contributed by atoms with Gasteiger partial charge in [-0.1, -0.05) is 23.7 Å². The zero-order chi connectivity index (χ0) is 25.5. The Labute approximate surface area is 206 Å². The lowest BCUT2D eigenvalue weighted by Crippen LogP contribution is -2.37. The molecule has 0 atom stereocenters. The molecule has 35 heavy (non-hydrogen) atoms. The summed E-state index contributed by atoms with van der Waals surface area (Å²) in [7, 11) is 0. The first kappa shape index (κ1) is 25.6.